The van der Waals surface area contributed by atoms with Crippen molar-refractivity contribution in [1.29, 1.82) is 0 Å². The molecule has 0 saturated heterocycles. The summed E-state index contributed by atoms with van der Waals surface area (Å²) in [4.78, 5) is 7.92. The lowest BCUT2D eigenvalue weighted by atomic mass is 10.0. The van der Waals surface area contributed by atoms with Crippen molar-refractivity contribution in [3.05, 3.63) is 107 Å². The van der Waals surface area contributed by atoms with Crippen LogP contribution < -0.4 is 21.2 Å². The van der Waals surface area contributed by atoms with E-state index in [1.807, 2.05) is 48.9 Å². The van der Waals surface area contributed by atoms with Crippen LogP contribution in [0.25, 0.3) is 51.3 Å². The molecule has 188 valence electrons. The highest BCUT2D eigenvalue weighted by molar-refractivity contribution is 5.98. The number of halogens is 1. The molecule has 0 unspecified atom stereocenters. The zero-order valence-electron chi connectivity index (χ0n) is 21.1. The van der Waals surface area contributed by atoms with E-state index in [4.69, 9.17) is 0 Å². The van der Waals surface area contributed by atoms with Gasteiger partial charge in [-0.15, -0.1) is 0 Å². The number of aromatic amines is 2. The number of pyridine rings is 1. The Morgan fingerprint density at radius 1 is 1.00 bits per heavy atom. The van der Waals surface area contributed by atoms with E-state index < -0.39 is 0 Å². The first-order valence-electron chi connectivity index (χ1n) is 12.5. The van der Waals surface area contributed by atoms with E-state index in [0.717, 1.165) is 60.9 Å². The molecular weight excluding hydrogens is 475 g/mol. The van der Waals surface area contributed by atoms with Crippen LogP contribution in [0.2, 0.25) is 0 Å². The lowest BCUT2D eigenvalue weighted by molar-refractivity contribution is 0.631. The fourth-order valence-corrected chi connectivity index (χ4v) is 4.60. The third-order valence-electron chi connectivity index (χ3n) is 6.76. The van der Waals surface area contributed by atoms with Crippen molar-refractivity contribution in [3.63, 3.8) is 0 Å². The Bertz CT molecular complexity index is 1840. The molecule has 6 rings (SSSR count). The van der Waals surface area contributed by atoms with Crippen LogP contribution in [-0.4, -0.2) is 20.2 Å². The number of H-pyrrole nitrogens is 2. The molecule has 2 aromatic carbocycles. The third kappa shape index (κ3) is 4.28. The molecule has 5 aromatic rings. The van der Waals surface area contributed by atoms with Gasteiger partial charge in [-0.25, -0.2) is 4.39 Å². The number of rotatable bonds is 6. The fourth-order valence-electron chi connectivity index (χ4n) is 4.60. The first-order chi connectivity index (χ1) is 18.5. The van der Waals surface area contributed by atoms with Crippen LogP contribution in [0.4, 0.5) is 10.1 Å². The Balaban J connectivity index is 1.43. The summed E-state index contributed by atoms with van der Waals surface area (Å²) in [7, 11) is 0. The van der Waals surface area contributed by atoms with Crippen LogP contribution in [-0.2, 0) is 0 Å². The van der Waals surface area contributed by atoms with E-state index >= 15 is 0 Å². The van der Waals surface area contributed by atoms with Crippen LogP contribution in [0.3, 0.4) is 0 Å². The van der Waals surface area contributed by atoms with Gasteiger partial charge in [0.25, 0.3) is 0 Å². The SMILES string of the molecule is C=C(Nc1cncc(C2=CNC=c3[nH]nc(-c4cc5c(-c6ccccc6F)cccc5[nH]4)c3=C2)c1)C(C)C. The second-order valence-electron chi connectivity index (χ2n) is 9.65. The van der Waals surface area contributed by atoms with Gasteiger partial charge in [0.05, 0.1) is 22.9 Å². The number of fused-ring (bicyclic) bond motifs is 2. The zero-order valence-corrected chi connectivity index (χ0v) is 21.1. The monoisotopic (exact) mass is 502 g/mol. The molecule has 7 heteroatoms. The number of nitrogens with zero attached hydrogens (tertiary/aromatic N) is 2. The molecule has 3 aromatic heterocycles. The summed E-state index contributed by atoms with van der Waals surface area (Å²) in [5.74, 6) is 0.0623. The van der Waals surface area contributed by atoms with E-state index in [9.17, 15) is 4.39 Å². The number of hydrogen-bond acceptors (Lipinski definition) is 4. The van der Waals surface area contributed by atoms with Gasteiger partial charge in [-0.2, -0.15) is 5.10 Å². The molecule has 0 atom stereocenters. The minimum absolute atomic E-state index is 0.248. The summed E-state index contributed by atoms with van der Waals surface area (Å²) in [6, 6.07) is 16.8. The second kappa shape index (κ2) is 9.52. The molecule has 4 N–H and O–H groups in total. The Kier molecular flexibility index (Phi) is 5.88. The van der Waals surface area contributed by atoms with Gasteiger partial charge >= 0.3 is 0 Å². The van der Waals surface area contributed by atoms with Gasteiger partial charge in [0.2, 0.25) is 0 Å². The van der Waals surface area contributed by atoms with Crippen molar-refractivity contribution < 1.29 is 4.39 Å². The summed E-state index contributed by atoms with van der Waals surface area (Å²) < 4.78 is 14.6. The van der Waals surface area contributed by atoms with Crippen molar-refractivity contribution in [2.45, 2.75) is 13.8 Å². The van der Waals surface area contributed by atoms with Gasteiger partial charge in [0, 0.05) is 57.1 Å². The van der Waals surface area contributed by atoms with Crippen LogP contribution >= 0.6 is 0 Å². The van der Waals surface area contributed by atoms with Crippen molar-refractivity contribution in [2.75, 3.05) is 5.32 Å². The van der Waals surface area contributed by atoms with Crippen molar-refractivity contribution in [1.82, 2.24) is 25.5 Å². The molecule has 0 fully saturated rings. The second-order valence-corrected chi connectivity index (χ2v) is 9.65. The van der Waals surface area contributed by atoms with E-state index in [1.54, 1.807) is 18.3 Å². The zero-order chi connectivity index (χ0) is 26.2. The summed E-state index contributed by atoms with van der Waals surface area (Å²) in [5, 5.41) is 17.1. The molecule has 4 heterocycles. The van der Waals surface area contributed by atoms with E-state index in [-0.39, 0.29) is 5.82 Å². The van der Waals surface area contributed by atoms with E-state index in [2.05, 4.69) is 63.4 Å². The van der Waals surface area contributed by atoms with Crippen molar-refractivity contribution in [2.24, 2.45) is 5.92 Å². The molecule has 38 heavy (non-hydrogen) atoms. The standard InChI is InChI=1S/C31H27FN6/c1-18(2)19(3)35-22-11-20(14-33-16-22)21-12-26-30(17-34-15-21)37-38-31(26)29-13-25-23(8-6-10-28(25)36-29)24-7-4-5-9-27(24)32/h4-18,34-37H,3H2,1-2H3. The smallest absolute Gasteiger partial charge is 0.131 e. The Morgan fingerprint density at radius 3 is 2.68 bits per heavy atom. The van der Waals surface area contributed by atoms with Crippen LogP contribution in [0.5, 0.6) is 0 Å². The minimum atomic E-state index is -0.248. The van der Waals surface area contributed by atoms with E-state index in [0.29, 0.717) is 11.5 Å². The lowest BCUT2D eigenvalue weighted by Gasteiger charge is -2.13. The van der Waals surface area contributed by atoms with Gasteiger partial charge in [0.15, 0.2) is 0 Å². The van der Waals surface area contributed by atoms with Crippen LogP contribution in [0.1, 0.15) is 19.4 Å². The predicted octanol–water partition coefficient (Wildman–Crippen LogP) is 5.50. The maximum absolute atomic E-state index is 14.6. The molecule has 0 saturated carbocycles. The maximum Gasteiger partial charge on any atom is 0.131 e. The number of aromatic nitrogens is 4. The van der Waals surface area contributed by atoms with E-state index in [1.165, 1.54) is 6.07 Å². The number of hydrogen-bond donors (Lipinski definition) is 4. The van der Waals surface area contributed by atoms with Gasteiger partial charge < -0.3 is 15.6 Å². The largest absolute Gasteiger partial charge is 0.365 e. The summed E-state index contributed by atoms with van der Waals surface area (Å²) in [6.07, 6.45) is 9.55. The molecule has 1 aliphatic heterocycles. The van der Waals surface area contributed by atoms with Gasteiger partial charge in [0.1, 0.15) is 11.5 Å². The Morgan fingerprint density at radius 2 is 1.84 bits per heavy atom. The quantitative estimate of drug-likeness (QED) is 0.247. The average molecular weight is 503 g/mol. The molecule has 0 amide bonds. The number of nitrogens with one attached hydrogen (secondary N) is 4. The minimum Gasteiger partial charge on any atom is -0.365 e. The number of benzene rings is 2. The lowest BCUT2D eigenvalue weighted by Crippen LogP contribution is -2.24. The predicted molar refractivity (Wildman–Crippen MR) is 152 cm³/mol. The first kappa shape index (κ1) is 23.5. The molecule has 1 aliphatic rings. The Hall–Kier alpha value is -4.91. The van der Waals surface area contributed by atoms with Crippen molar-refractivity contribution in [3.8, 4) is 22.5 Å². The highest BCUT2D eigenvalue weighted by atomic mass is 19.1. The Labute approximate surface area is 219 Å². The summed E-state index contributed by atoms with van der Waals surface area (Å²) >= 11 is 0. The molecule has 0 aliphatic carbocycles. The fraction of sp³-hybridized carbons (Fsp3) is 0.0968. The number of anilines is 1. The highest BCUT2D eigenvalue weighted by Gasteiger charge is 2.15. The molecule has 0 spiro atoms. The topological polar surface area (TPSA) is 81.4 Å². The molecule has 0 radical (unpaired) electrons. The molecular formula is C31H27FN6. The normalized spacial score (nSPS) is 12.7. The average Bonchev–Trinajstić information content (AvgIpc) is 3.46. The van der Waals surface area contributed by atoms with Gasteiger partial charge in [-0.3, -0.25) is 10.1 Å². The van der Waals surface area contributed by atoms with Crippen molar-refractivity contribution >= 4 is 34.4 Å². The van der Waals surface area contributed by atoms with Crippen LogP contribution in [0.15, 0.2) is 85.5 Å². The highest BCUT2D eigenvalue weighted by Crippen LogP contribution is 2.32. The molecule has 0 bridgehead atoms. The maximum atomic E-state index is 14.6. The van der Waals surface area contributed by atoms with Crippen LogP contribution in [0, 0.1) is 11.7 Å². The van der Waals surface area contributed by atoms with Gasteiger partial charge in [-0.05, 0) is 41.8 Å². The first-order valence-corrected chi connectivity index (χ1v) is 12.5. The molecule has 6 nitrogen and oxygen atoms in total. The summed E-state index contributed by atoms with van der Waals surface area (Å²) in [5.41, 5.74) is 7.65. The number of allylic oxidation sites excluding steroid dienone is 2. The van der Waals surface area contributed by atoms with Gasteiger partial charge in [-0.1, -0.05) is 50.8 Å². The summed E-state index contributed by atoms with van der Waals surface area (Å²) in [6.45, 7) is 8.30. The third-order valence-corrected chi connectivity index (χ3v) is 6.76.